The van der Waals surface area contributed by atoms with Gasteiger partial charge in [0.05, 0.1) is 17.5 Å². The topological polar surface area (TPSA) is 65.1 Å². The molecule has 3 aromatic rings. The molecule has 124 valence electrons. The Labute approximate surface area is 143 Å². The van der Waals surface area contributed by atoms with Gasteiger partial charge in [0.1, 0.15) is 5.82 Å². The molecule has 24 heavy (non-hydrogen) atoms. The lowest BCUT2D eigenvalue weighted by Crippen LogP contribution is -2.29. The highest BCUT2D eigenvalue weighted by Crippen LogP contribution is 2.20. The number of rotatable bonds is 5. The highest BCUT2D eigenvalue weighted by Gasteiger charge is 2.13. The van der Waals surface area contributed by atoms with Crippen LogP contribution >= 0.6 is 11.6 Å². The number of amides is 1. The SMILES string of the molecule is O=C(Cc1c[nH]c2ccccc12)NCC(O)c1ccc(Cl)c(F)c1. The van der Waals surface area contributed by atoms with Crippen LogP contribution in [0.4, 0.5) is 4.39 Å². The van der Waals surface area contributed by atoms with Crippen LogP contribution in [0.3, 0.4) is 0 Å². The Morgan fingerprint density at radius 2 is 2.08 bits per heavy atom. The van der Waals surface area contributed by atoms with Gasteiger partial charge in [0.15, 0.2) is 0 Å². The fourth-order valence-corrected chi connectivity index (χ4v) is 2.68. The number of aromatic nitrogens is 1. The number of hydrogen-bond acceptors (Lipinski definition) is 2. The first-order valence-electron chi connectivity index (χ1n) is 7.49. The third kappa shape index (κ3) is 3.58. The van der Waals surface area contributed by atoms with Crippen molar-refractivity contribution in [1.82, 2.24) is 10.3 Å². The average molecular weight is 347 g/mol. The molecule has 0 saturated heterocycles. The Morgan fingerprint density at radius 3 is 2.88 bits per heavy atom. The molecular formula is C18H16ClFN2O2. The molecule has 0 saturated carbocycles. The first-order chi connectivity index (χ1) is 11.5. The van der Waals surface area contributed by atoms with Crippen LogP contribution in [0.1, 0.15) is 17.2 Å². The predicted octanol–water partition coefficient (Wildman–Crippen LogP) is 3.35. The third-order valence-corrected chi connectivity index (χ3v) is 4.15. The Kier molecular flexibility index (Phi) is 4.83. The summed E-state index contributed by atoms with van der Waals surface area (Å²) in [6, 6.07) is 11.8. The van der Waals surface area contributed by atoms with Crippen molar-refractivity contribution in [3.8, 4) is 0 Å². The van der Waals surface area contributed by atoms with Crippen molar-refractivity contribution in [3.63, 3.8) is 0 Å². The molecule has 0 fully saturated rings. The van der Waals surface area contributed by atoms with Crippen LogP contribution in [0.2, 0.25) is 5.02 Å². The number of hydrogen-bond donors (Lipinski definition) is 3. The Balaban J connectivity index is 1.60. The van der Waals surface area contributed by atoms with Crippen molar-refractivity contribution < 1.29 is 14.3 Å². The van der Waals surface area contributed by atoms with Gasteiger partial charge in [-0.3, -0.25) is 4.79 Å². The number of carbonyl (C=O) groups is 1. The van der Waals surface area contributed by atoms with Gasteiger partial charge in [0.25, 0.3) is 0 Å². The number of aromatic amines is 1. The van der Waals surface area contributed by atoms with Crippen LogP contribution < -0.4 is 5.32 Å². The lowest BCUT2D eigenvalue weighted by atomic mass is 10.1. The van der Waals surface area contributed by atoms with E-state index in [1.54, 1.807) is 6.20 Å². The zero-order valence-corrected chi connectivity index (χ0v) is 13.5. The number of carbonyl (C=O) groups excluding carboxylic acids is 1. The van der Waals surface area contributed by atoms with Gasteiger partial charge in [-0.25, -0.2) is 4.39 Å². The van der Waals surface area contributed by atoms with E-state index in [0.717, 1.165) is 16.5 Å². The van der Waals surface area contributed by atoms with E-state index < -0.39 is 11.9 Å². The van der Waals surface area contributed by atoms with Gasteiger partial charge in [-0.1, -0.05) is 35.9 Å². The van der Waals surface area contributed by atoms with Gasteiger partial charge in [0.2, 0.25) is 5.91 Å². The summed E-state index contributed by atoms with van der Waals surface area (Å²) in [5, 5.41) is 13.7. The maximum absolute atomic E-state index is 13.4. The highest BCUT2D eigenvalue weighted by molar-refractivity contribution is 6.30. The molecule has 2 aromatic carbocycles. The largest absolute Gasteiger partial charge is 0.387 e. The van der Waals surface area contributed by atoms with Gasteiger partial charge in [-0.2, -0.15) is 0 Å². The molecule has 0 aliphatic rings. The maximum Gasteiger partial charge on any atom is 0.224 e. The fraction of sp³-hybridized carbons (Fsp3) is 0.167. The van der Waals surface area contributed by atoms with Crippen molar-refractivity contribution in [1.29, 1.82) is 0 Å². The van der Waals surface area contributed by atoms with Crippen molar-refractivity contribution in [2.75, 3.05) is 6.54 Å². The number of H-pyrrole nitrogens is 1. The molecule has 0 bridgehead atoms. The zero-order valence-electron chi connectivity index (χ0n) is 12.7. The molecule has 3 rings (SSSR count). The summed E-state index contributed by atoms with van der Waals surface area (Å²) >= 11 is 5.61. The predicted molar refractivity (Wildman–Crippen MR) is 91.4 cm³/mol. The normalized spacial score (nSPS) is 12.3. The number of aliphatic hydroxyl groups excluding tert-OH is 1. The van der Waals surface area contributed by atoms with E-state index in [0.29, 0.717) is 5.56 Å². The molecule has 1 unspecified atom stereocenters. The van der Waals surface area contributed by atoms with Crippen LogP contribution in [0, 0.1) is 5.82 Å². The van der Waals surface area contributed by atoms with Crippen LogP contribution in [-0.2, 0) is 11.2 Å². The molecule has 1 atom stereocenters. The van der Waals surface area contributed by atoms with E-state index in [2.05, 4.69) is 10.3 Å². The fourth-order valence-electron chi connectivity index (χ4n) is 2.56. The van der Waals surface area contributed by atoms with E-state index in [1.807, 2.05) is 24.3 Å². The standard InChI is InChI=1S/C18H16ClFN2O2/c19-14-6-5-11(7-15(14)20)17(23)10-22-18(24)8-12-9-21-16-4-2-1-3-13(12)16/h1-7,9,17,21,23H,8,10H2,(H,22,24). The quantitative estimate of drug-likeness (QED) is 0.663. The van der Waals surface area contributed by atoms with E-state index in [1.165, 1.54) is 18.2 Å². The molecule has 0 radical (unpaired) electrons. The van der Waals surface area contributed by atoms with Crippen molar-refractivity contribution in [2.24, 2.45) is 0 Å². The molecule has 1 amide bonds. The molecule has 1 aromatic heterocycles. The summed E-state index contributed by atoms with van der Waals surface area (Å²) in [5.41, 5.74) is 2.22. The summed E-state index contributed by atoms with van der Waals surface area (Å²) in [4.78, 5) is 15.2. The maximum atomic E-state index is 13.4. The molecule has 0 aliphatic carbocycles. The van der Waals surface area contributed by atoms with Gasteiger partial charge in [-0.15, -0.1) is 0 Å². The molecule has 0 aliphatic heterocycles. The average Bonchev–Trinajstić information content (AvgIpc) is 2.98. The summed E-state index contributed by atoms with van der Waals surface area (Å²) in [6.07, 6.45) is 1.00. The van der Waals surface area contributed by atoms with Gasteiger partial charge >= 0.3 is 0 Å². The zero-order chi connectivity index (χ0) is 17.1. The van der Waals surface area contributed by atoms with Crippen molar-refractivity contribution in [2.45, 2.75) is 12.5 Å². The number of benzene rings is 2. The second kappa shape index (κ2) is 7.03. The first-order valence-corrected chi connectivity index (χ1v) is 7.87. The Bertz CT molecular complexity index is 878. The monoisotopic (exact) mass is 346 g/mol. The molecule has 3 N–H and O–H groups in total. The number of halogens is 2. The van der Waals surface area contributed by atoms with Crippen LogP contribution in [-0.4, -0.2) is 22.5 Å². The molecule has 1 heterocycles. The van der Waals surface area contributed by atoms with Gasteiger partial charge in [-0.05, 0) is 29.3 Å². The molecule has 6 heteroatoms. The smallest absolute Gasteiger partial charge is 0.224 e. The number of aliphatic hydroxyl groups is 1. The minimum absolute atomic E-state index is 0.00224. The number of nitrogens with one attached hydrogen (secondary N) is 2. The second-order valence-corrected chi connectivity index (χ2v) is 5.94. The molecule has 4 nitrogen and oxygen atoms in total. The van der Waals surface area contributed by atoms with Crippen LogP contribution in [0.15, 0.2) is 48.7 Å². The van der Waals surface area contributed by atoms with E-state index >= 15 is 0 Å². The first kappa shape index (κ1) is 16.5. The summed E-state index contributed by atoms with van der Waals surface area (Å²) < 4.78 is 13.4. The Morgan fingerprint density at radius 1 is 1.29 bits per heavy atom. The van der Waals surface area contributed by atoms with Crippen LogP contribution in [0.5, 0.6) is 0 Å². The molecule has 0 spiro atoms. The van der Waals surface area contributed by atoms with E-state index in [9.17, 15) is 14.3 Å². The number of fused-ring (bicyclic) bond motifs is 1. The minimum atomic E-state index is -0.997. The molecular weight excluding hydrogens is 331 g/mol. The van der Waals surface area contributed by atoms with E-state index in [4.69, 9.17) is 11.6 Å². The summed E-state index contributed by atoms with van der Waals surface area (Å²) in [5.74, 6) is -0.813. The highest BCUT2D eigenvalue weighted by atomic mass is 35.5. The lowest BCUT2D eigenvalue weighted by Gasteiger charge is -2.12. The summed E-state index contributed by atoms with van der Waals surface area (Å²) in [6.45, 7) is 0.00224. The minimum Gasteiger partial charge on any atom is -0.387 e. The van der Waals surface area contributed by atoms with Gasteiger partial charge in [0, 0.05) is 23.6 Å². The second-order valence-electron chi connectivity index (χ2n) is 5.53. The van der Waals surface area contributed by atoms with Gasteiger partial charge < -0.3 is 15.4 Å². The Hall–Kier alpha value is -2.37. The number of para-hydroxylation sites is 1. The summed E-state index contributed by atoms with van der Waals surface area (Å²) in [7, 11) is 0. The lowest BCUT2D eigenvalue weighted by molar-refractivity contribution is -0.120. The third-order valence-electron chi connectivity index (χ3n) is 3.85. The van der Waals surface area contributed by atoms with Crippen molar-refractivity contribution >= 4 is 28.4 Å². The van der Waals surface area contributed by atoms with Crippen molar-refractivity contribution in [3.05, 3.63) is 70.6 Å². The van der Waals surface area contributed by atoms with E-state index in [-0.39, 0.29) is 23.9 Å². The van der Waals surface area contributed by atoms with Crippen LogP contribution in [0.25, 0.3) is 10.9 Å².